The van der Waals surface area contributed by atoms with Gasteiger partial charge in [-0.3, -0.25) is 4.79 Å². The highest BCUT2D eigenvalue weighted by molar-refractivity contribution is 5.74. The van der Waals surface area contributed by atoms with Crippen molar-refractivity contribution in [1.82, 2.24) is 0 Å². The van der Waals surface area contributed by atoms with Gasteiger partial charge >= 0.3 is 5.97 Å². The number of hydrogen-bond donors (Lipinski definition) is 1. The molecule has 0 amide bonds. The van der Waals surface area contributed by atoms with E-state index in [1.165, 1.54) is 19.3 Å². The van der Waals surface area contributed by atoms with Gasteiger partial charge in [-0.05, 0) is 25.2 Å². The minimum Gasteiger partial charge on any atom is -0.481 e. The van der Waals surface area contributed by atoms with E-state index in [1.54, 1.807) is 0 Å². The summed E-state index contributed by atoms with van der Waals surface area (Å²) < 4.78 is 0. The van der Waals surface area contributed by atoms with Crippen molar-refractivity contribution < 1.29 is 9.90 Å². The van der Waals surface area contributed by atoms with Crippen molar-refractivity contribution in [2.45, 2.75) is 65.2 Å². The van der Waals surface area contributed by atoms with Crippen LogP contribution in [0.3, 0.4) is 0 Å². The molecule has 0 bridgehead atoms. The highest BCUT2D eigenvalue weighted by Crippen LogP contribution is 2.39. The molecular weight excluding hydrogens is 188 g/mol. The zero-order chi connectivity index (χ0) is 11.3. The van der Waals surface area contributed by atoms with Gasteiger partial charge < -0.3 is 5.11 Å². The first-order valence-corrected chi connectivity index (χ1v) is 6.30. The first-order chi connectivity index (χ1) is 7.07. The third-order valence-corrected chi connectivity index (χ3v) is 3.56. The van der Waals surface area contributed by atoms with Crippen LogP contribution in [0.5, 0.6) is 0 Å². The SMILES string of the molecule is CC(C)CC1(C(=O)O)CCCCCCC1. The van der Waals surface area contributed by atoms with Crippen LogP contribution in [0.1, 0.15) is 65.2 Å². The first kappa shape index (κ1) is 12.5. The van der Waals surface area contributed by atoms with E-state index in [4.69, 9.17) is 0 Å². The summed E-state index contributed by atoms with van der Waals surface area (Å²) in [6, 6.07) is 0. The van der Waals surface area contributed by atoms with Crippen molar-refractivity contribution in [3.63, 3.8) is 0 Å². The maximum Gasteiger partial charge on any atom is 0.309 e. The molecule has 0 unspecified atom stereocenters. The summed E-state index contributed by atoms with van der Waals surface area (Å²) in [6.07, 6.45) is 8.54. The highest BCUT2D eigenvalue weighted by Gasteiger charge is 2.38. The Bertz CT molecular complexity index is 201. The second-order valence-electron chi connectivity index (χ2n) is 5.45. The topological polar surface area (TPSA) is 37.3 Å². The summed E-state index contributed by atoms with van der Waals surface area (Å²) in [6.45, 7) is 4.26. The lowest BCUT2D eigenvalue weighted by Crippen LogP contribution is -2.33. The molecule has 0 radical (unpaired) electrons. The number of hydrogen-bond acceptors (Lipinski definition) is 1. The van der Waals surface area contributed by atoms with Crippen molar-refractivity contribution >= 4 is 5.97 Å². The normalized spacial score (nSPS) is 22.1. The first-order valence-electron chi connectivity index (χ1n) is 6.30. The lowest BCUT2D eigenvalue weighted by molar-refractivity contribution is -0.151. The van der Waals surface area contributed by atoms with Crippen molar-refractivity contribution in [1.29, 1.82) is 0 Å². The van der Waals surface area contributed by atoms with Crippen LogP contribution in [0, 0.1) is 11.3 Å². The van der Waals surface area contributed by atoms with Gasteiger partial charge in [0.15, 0.2) is 0 Å². The largest absolute Gasteiger partial charge is 0.481 e. The fraction of sp³-hybridized carbons (Fsp3) is 0.923. The maximum absolute atomic E-state index is 11.5. The molecule has 2 nitrogen and oxygen atoms in total. The van der Waals surface area contributed by atoms with Crippen molar-refractivity contribution in [2.75, 3.05) is 0 Å². The molecule has 0 aromatic rings. The molecule has 1 N–H and O–H groups in total. The zero-order valence-electron chi connectivity index (χ0n) is 10.1. The van der Waals surface area contributed by atoms with E-state index in [9.17, 15) is 9.90 Å². The van der Waals surface area contributed by atoms with Gasteiger partial charge in [0, 0.05) is 0 Å². The molecule has 0 aromatic heterocycles. The Morgan fingerprint density at radius 2 is 1.60 bits per heavy atom. The Hall–Kier alpha value is -0.530. The summed E-state index contributed by atoms with van der Waals surface area (Å²) in [4.78, 5) is 11.5. The summed E-state index contributed by atoms with van der Waals surface area (Å²) in [5.74, 6) is -0.0707. The van der Waals surface area contributed by atoms with Crippen molar-refractivity contribution in [3.8, 4) is 0 Å². The Morgan fingerprint density at radius 3 is 2.00 bits per heavy atom. The molecule has 1 aliphatic rings. The lowest BCUT2D eigenvalue weighted by atomic mass is 9.71. The number of carbonyl (C=O) groups is 1. The summed E-state index contributed by atoms with van der Waals surface area (Å²) in [5.41, 5.74) is -0.408. The van der Waals surface area contributed by atoms with E-state index in [0.717, 1.165) is 32.1 Å². The van der Waals surface area contributed by atoms with Crippen LogP contribution in [0.4, 0.5) is 0 Å². The highest BCUT2D eigenvalue weighted by atomic mass is 16.4. The summed E-state index contributed by atoms with van der Waals surface area (Å²) >= 11 is 0. The molecule has 15 heavy (non-hydrogen) atoms. The third-order valence-electron chi connectivity index (χ3n) is 3.56. The number of carboxylic acids is 1. The predicted octanol–water partition coefficient (Wildman–Crippen LogP) is 3.85. The molecule has 0 aliphatic heterocycles. The summed E-state index contributed by atoms with van der Waals surface area (Å²) in [5, 5.41) is 9.45. The van der Waals surface area contributed by atoms with Gasteiger partial charge in [-0.25, -0.2) is 0 Å². The molecule has 0 aromatic carbocycles. The average molecular weight is 212 g/mol. The second-order valence-corrected chi connectivity index (χ2v) is 5.45. The average Bonchev–Trinajstić information content (AvgIpc) is 2.08. The van der Waals surface area contributed by atoms with Crippen LogP contribution in [0.15, 0.2) is 0 Å². The molecule has 0 spiro atoms. The van der Waals surface area contributed by atoms with Gasteiger partial charge in [0.1, 0.15) is 0 Å². The van der Waals surface area contributed by atoms with Gasteiger partial charge in [0.2, 0.25) is 0 Å². The maximum atomic E-state index is 11.5. The van der Waals surface area contributed by atoms with Crippen LogP contribution in [-0.4, -0.2) is 11.1 Å². The van der Waals surface area contributed by atoms with Gasteiger partial charge in [-0.2, -0.15) is 0 Å². The van der Waals surface area contributed by atoms with Gasteiger partial charge in [0.05, 0.1) is 5.41 Å². The molecule has 88 valence electrons. The Labute approximate surface area is 93.1 Å². The second kappa shape index (κ2) is 5.53. The minimum absolute atomic E-state index is 0.408. The smallest absolute Gasteiger partial charge is 0.309 e. The number of carboxylic acid groups (broad SMARTS) is 1. The molecule has 2 heteroatoms. The molecule has 0 saturated heterocycles. The molecule has 0 atom stereocenters. The third kappa shape index (κ3) is 3.51. The van der Waals surface area contributed by atoms with Gasteiger partial charge in [-0.1, -0.05) is 46.0 Å². The van der Waals surface area contributed by atoms with E-state index in [1.807, 2.05) is 0 Å². The number of aliphatic carboxylic acids is 1. The van der Waals surface area contributed by atoms with E-state index in [-0.39, 0.29) is 0 Å². The van der Waals surface area contributed by atoms with Gasteiger partial charge in [-0.15, -0.1) is 0 Å². The molecule has 1 aliphatic carbocycles. The van der Waals surface area contributed by atoms with E-state index < -0.39 is 11.4 Å². The van der Waals surface area contributed by atoms with Crippen LogP contribution < -0.4 is 0 Å². The molecule has 0 heterocycles. The molecular formula is C13H24O2. The monoisotopic (exact) mass is 212 g/mol. The summed E-state index contributed by atoms with van der Waals surface area (Å²) in [7, 11) is 0. The number of rotatable bonds is 3. The Kier molecular flexibility index (Phi) is 4.62. The minimum atomic E-state index is -0.557. The fourth-order valence-corrected chi connectivity index (χ4v) is 2.87. The Balaban J connectivity index is 2.71. The molecule has 1 rings (SSSR count). The molecule has 1 fully saturated rings. The standard InChI is InChI=1S/C13H24O2/c1-11(2)10-13(12(14)15)8-6-4-3-5-7-9-13/h11H,3-10H2,1-2H3,(H,14,15). The molecule has 1 saturated carbocycles. The predicted molar refractivity (Wildman–Crippen MR) is 61.8 cm³/mol. The van der Waals surface area contributed by atoms with E-state index in [2.05, 4.69) is 13.8 Å². The fourth-order valence-electron chi connectivity index (χ4n) is 2.87. The van der Waals surface area contributed by atoms with Gasteiger partial charge in [0.25, 0.3) is 0 Å². The Morgan fingerprint density at radius 1 is 1.13 bits per heavy atom. The van der Waals surface area contributed by atoms with E-state index >= 15 is 0 Å². The van der Waals surface area contributed by atoms with Crippen LogP contribution in [0.25, 0.3) is 0 Å². The van der Waals surface area contributed by atoms with Crippen LogP contribution in [-0.2, 0) is 4.79 Å². The van der Waals surface area contributed by atoms with E-state index in [0.29, 0.717) is 5.92 Å². The van der Waals surface area contributed by atoms with Crippen molar-refractivity contribution in [2.24, 2.45) is 11.3 Å². The van der Waals surface area contributed by atoms with Crippen LogP contribution >= 0.6 is 0 Å². The van der Waals surface area contributed by atoms with Crippen LogP contribution in [0.2, 0.25) is 0 Å². The zero-order valence-corrected chi connectivity index (χ0v) is 10.1. The lowest BCUT2D eigenvalue weighted by Gasteiger charge is -2.32. The quantitative estimate of drug-likeness (QED) is 0.771. The van der Waals surface area contributed by atoms with Crippen molar-refractivity contribution in [3.05, 3.63) is 0 Å².